The first-order valence-electron chi connectivity index (χ1n) is 4.13. The molecule has 0 amide bonds. The maximum atomic E-state index is 8.81. The van der Waals surface area contributed by atoms with Crippen LogP contribution in [0.5, 0.6) is 0 Å². The third kappa shape index (κ3) is 7.40. The van der Waals surface area contributed by atoms with Crippen molar-refractivity contribution in [3.05, 3.63) is 11.8 Å². The Kier molecular flexibility index (Phi) is 5.94. The van der Waals surface area contributed by atoms with E-state index in [4.69, 9.17) is 10.2 Å². The average Bonchev–Trinajstić information content (AvgIpc) is 1.87. The number of allylic oxidation sites excluding steroid dienone is 2. The molecule has 0 aliphatic heterocycles. The van der Waals surface area contributed by atoms with E-state index < -0.39 is 0 Å². The highest BCUT2D eigenvalue weighted by molar-refractivity contribution is 4.85. The van der Waals surface area contributed by atoms with Gasteiger partial charge in [-0.05, 0) is 38.2 Å². The first-order chi connectivity index (χ1) is 5.16. The van der Waals surface area contributed by atoms with Crippen LogP contribution >= 0.6 is 0 Å². The topological polar surface area (TPSA) is 40.5 Å². The third-order valence-corrected chi connectivity index (χ3v) is 1.72. The van der Waals surface area contributed by atoms with Crippen molar-refractivity contribution in [3.63, 3.8) is 0 Å². The van der Waals surface area contributed by atoms with Gasteiger partial charge in [0, 0.05) is 6.61 Å². The Balaban J connectivity index is 3.31. The van der Waals surface area contributed by atoms with Crippen molar-refractivity contribution in [2.45, 2.75) is 33.1 Å². The van der Waals surface area contributed by atoms with Crippen molar-refractivity contribution in [1.29, 1.82) is 0 Å². The fraction of sp³-hybridized carbons (Fsp3) is 0.778. The van der Waals surface area contributed by atoms with E-state index in [1.807, 2.05) is 6.08 Å². The standard InChI is InChI=1S/C9H18O2/c1-8(6-7-10)4-3-5-9(2)11/h5,8,10-11H,3-4,6-7H2,1-2H3/b9-5+/t8-/m0/s1. The summed E-state index contributed by atoms with van der Waals surface area (Å²) in [6, 6.07) is 0. The summed E-state index contributed by atoms with van der Waals surface area (Å²) in [5, 5.41) is 17.4. The highest BCUT2D eigenvalue weighted by Gasteiger charge is 1.98. The smallest absolute Gasteiger partial charge is 0.0851 e. The van der Waals surface area contributed by atoms with Gasteiger partial charge in [-0.15, -0.1) is 0 Å². The number of aliphatic hydroxyl groups excluding tert-OH is 2. The quantitative estimate of drug-likeness (QED) is 0.602. The molecule has 11 heavy (non-hydrogen) atoms. The molecule has 2 nitrogen and oxygen atoms in total. The van der Waals surface area contributed by atoms with Gasteiger partial charge in [-0.3, -0.25) is 0 Å². The van der Waals surface area contributed by atoms with Crippen LogP contribution in [0.4, 0.5) is 0 Å². The molecular weight excluding hydrogens is 140 g/mol. The van der Waals surface area contributed by atoms with Gasteiger partial charge in [0.2, 0.25) is 0 Å². The summed E-state index contributed by atoms with van der Waals surface area (Å²) in [5.74, 6) is 0.941. The van der Waals surface area contributed by atoms with Crippen LogP contribution in [0, 0.1) is 5.92 Å². The Labute approximate surface area is 68.6 Å². The normalized spacial score (nSPS) is 15.0. The molecule has 0 unspecified atom stereocenters. The van der Waals surface area contributed by atoms with E-state index in [1.54, 1.807) is 6.92 Å². The van der Waals surface area contributed by atoms with Crippen LogP contribution in [-0.2, 0) is 0 Å². The molecule has 2 N–H and O–H groups in total. The summed E-state index contributed by atoms with van der Waals surface area (Å²) in [5.41, 5.74) is 0. The predicted molar refractivity (Wildman–Crippen MR) is 46.5 cm³/mol. The highest BCUT2D eigenvalue weighted by atomic mass is 16.3. The van der Waals surface area contributed by atoms with Crippen molar-refractivity contribution < 1.29 is 10.2 Å². The zero-order valence-corrected chi connectivity index (χ0v) is 7.38. The van der Waals surface area contributed by atoms with Crippen LogP contribution in [0.15, 0.2) is 11.8 Å². The Hall–Kier alpha value is -0.500. The Morgan fingerprint density at radius 3 is 2.55 bits per heavy atom. The molecule has 0 aromatic carbocycles. The monoisotopic (exact) mass is 158 g/mol. The van der Waals surface area contributed by atoms with Gasteiger partial charge in [0.1, 0.15) is 0 Å². The largest absolute Gasteiger partial charge is 0.513 e. The van der Waals surface area contributed by atoms with Gasteiger partial charge < -0.3 is 10.2 Å². The van der Waals surface area contributed by atoms with Gasteiger partial charge in [-0.2, -0.15) is 0 Å². The maximum absolute atomic E-state index is 8.81. The lowest BCUT2D eigenvalue weighted by Crippen LogP contribution is -1.96. The fourth-order valence-corrected chi connectivity index (χ4v) is 0.941. The fourth-order valence-electron chi connectivity index (χ4n) is 0.941. The van der Waals surface area contributed by atoms with Crippen molar-refractivity contribution in [1.82, 2.24) is 0 Å². The van der Waals surface area contributed by atoms with Crippen molar-refractivity contribution >= 4 is 0 Å². The van der Waals surface area contributed by atoms with E-state index in [0.717, 1.165) is 19.3 Å². The minimum Gasteiger partial charge on any atom is -0.513 e. The predicted octanol–water partition coefficient (Wildman–Crippen LogP) is 2.25. The van der Waals surface area contributed by atoms with Crippen molar-refractivity contribution in [3.8, 4) is 0 Å². The lowest BCUT2D eigenvalue weighted by atomic mass is 10.0. The lowest BCUT2D eigenvalue weighted by Gasteiger charge is -2.06. The summed E-state index contributed by atoms with van der Waals surface area (Å²) < 4.78 is 0. The second-order valence-electron chi connectivity index (χ2n) is 3.04. The molecule has 0 aromatic heterocycles. The number of hydrogen-bond acceptors (Lipinski definition) is 2. The molecule has 0 aliphatic carbocycles. The second kappa shape index (κ2) is 6.23. The van der Waals surface area contributed by atoms with Crippen molar-refractivity contribution in [2.75, 3.05) is 6.61 Å². The molecule has 0 aliphatic rings. The summed E-state index contributed by atoms with van der Waals surface area (Å²) >= 11 is 0. The molecule has 66 valence electrons. The third-order valence-electron chi connectivity index (χ3n) is 1.72. The molecule has 0 heterocycles. The number of aliphatic hydroxyl groups is 2. The van der Waals surface area contributed by atoms with E-state index in [9.17, 15) is 0 Å². The van der Waals surface area contributed by atoms with Gasteiger partial charge in [0.15, 0.2) is 0 Å². The first kappa shape index (κ1) is 10.5. The molecule has 0 bridgehead atoms. The second-order valence-corrected chi connectivity index (χ2v) is 3.04. The minimum absolute atomic E-state index is 0.267. The average molecular weight is 158 g/mol. The number of rotatable bonds is 5. The Morgan fingerprint density at radius 2 is 2.09 bits per heavy atom. The van der Waals surface area contributed by atoms with E-state index in [2.05, 4.69) is 6.92 Å². The number of hydrogen-bond donors (Lipinski definition) is 2. The molecule has 0 radical (unpaired) electrons. The van der Waals surface area contributed by atoms with Crippen LogP contribution in [0.1, 0.15) is 33.1 Å². The van der Waals surface area contributed by atoms with E-state index in [1.165, 1.54) is 0 Å². The van der Waals surface area contributed by atoms with Crippen LogP contribution < -0.4 is 0 Å². The van der Waals surface area contributed by atoms with Crippen LogP contribution in [-0.4, -0.2) is 16.8 Å². The molecule has 2 heteroatoms. The zero-order chi connectivity index (χ0) is 8.69. The lowest BCUT2D eigenvalue weighted by molar-refractivity contribution is 0.259. The molecule has 0 rings (SSSR count). The molecule has 0 aromatic rings. The molecule has 0 saturated heterocycles. The van der Waals surface area contributed by atoms with Crippen molar-refractivity contribution in [2.24, 2.45) is 5.92 Å². The van der Waals surface area contributed by atoms with Gasteiger partial charge in [-0.25, -0.2) is 0 Å². The van der Waals surface area contributed by atoms with E-state index in [-0.39, 0.29) is 6.61 Å². The van der Waals surface area contributed by atoms with Gasteiger partial charge in [-0.1, -0.05) is 6.92 Å². The summed E-state index contributed by atoms with van der Waals surface area (Å²) in [6.07, 6.45) is 4.62. The summed E-state index contributed by atoms with van der Waals surface area (Å²) in [7, 11) is 0. The molecule has 1 atom stereocenters. The van der Waals surface area contributed by atoms with Crippen LogP contribution in [0.3, 0.4) is 0 Å². The minimum atomic E-state index is 0.267. The molecule has 0 saturated carbocycles. The summed E-state index contributed by atoms with van der Waals surface area (Å²) in [4.78, 5) is 0. The zero-order valence-electron chi connectivity index (χ0n) is 7.38. The van der Waals surface area contributed by atoms with Crippen LogP contribution in [0.25, 0.3) is 0 Å². The van der Waals surface area contributed by atoms with Crippen LogP contribution in [0.2, 0.25) is 0 Å². The SMILES string of the molecule is C/C(O)=C\CC[C@H](C)CCO. The Morgan fingerprint density at radius 1 is 1.45 bits per heavy atom. The molecular formula is C9H18O2. The Bertz CT molecular complexity index is 115. The van der Waals surface area contributed by atoms with Gasteiger partial charge >= 0.3 is 0 Å². The van der Waals surface area contributed by atoms with Gasteiger partial charge in [0.25, 0.3) is 0 Å². The van der Waals surface area contributed by atoms with Gasteiger partial charge in [0.05, 0.1) is 5.76 Å². The summed E-state index contributed by atoms with van der Waals surface area (Å²) in [6.45, 7) is 4.05. The maximum Gasteiger partial charge on any atom is 0.0851 e. The first-order valence-corrected chi connectivity index (χ1v) is 4.13. The van der Waals surface area contributed by atoms with E-state index >= 15 is 0 Å². The molecule has 0 spiro atoms. The van der Waals surface area contributed by atoms with E-state index in [0.29, 0.717) is 11.7 Å². The highest BCUT2D eigenvalue weighted by Crippen LogP contribution is 2.10. The molecule has 0 fully saturated rings.